The zero-order chi connectivity index (χ0) is 19.8. The Morgan fingerprint density at radius 3 is 2.07 bits per heavy atom. The molecule has 1 aromatic carbocycles. The molecule has 0 N–H and O–H groups in total. The summed E-state index contributed by atoms with van der Waals surface area (Å²) in [4.78, 5) is 11.4. The molecule has 0 fully saturated rings. The smallest absolute Gasteiger partial charge is 0.339 e. The van der Waals surface area contributed by atoms with Crippen molar-refractivity contribution in [2.75, 3.05) is 0 Å². The van der Waals surface area contributed by atoms with E-state index in [4.69, 9.17) is 0 Å². The van der Waals surface area contributed by atoms with Gasteiger partial charge in [0, 0.05) is 27.6 Å². The molecule has 0 aliphatic heterocycles. The molecule has 0 unspecified atom stereocenters. The number of benzene rings is 1. The molecular formula is C15H10F6O4STi. The van der Waals surface area contributed by atoms with Crippen LogP contribution in [0.15, 0.2) is 42.5 Å². The zero-order valence-electron chi connectivity index (χ0n) is 13.1. The van der Waals surface area contributed by atoms with Crippen LogP contribution in [0.25, 0.3) is 0 Å². The van der Waals surface area contributed by atoms with Crippen LogP contribution in [0.4, 0.5) is 26.3 Å². The van der Waals surface area contributed by atoms with E-state index in [9.17, 15) is 39.6 Å². The van der Waals surface area contributed by atoms with Crippen molar-refractivity contribution in [1.82, 2.24) is 0 Å². The third-order valence-corrected chi connectivity index (χ3v) is 4.37. The van der Waals surface area contributed by atoms with Crippen LogP contribution in [-0.4, -0.2) is 19.9 Å². The van der Waals surface area contributed by atoms with Crippen LogP contribution in [0, 0.1) is 0 Å². The molecule has 0 atom stereocenters. The van der Waals surface area contributed by atoms with E-state index in [1.54, 1.807) is 24.3 Å². The summed E-state index contributed by atoms with van der Waals surface area (Å²) in [6.07, 6.45) is 0.316. The summed E-state index contributed by atoms with van der Waals surface area (Å²) in [6.45, 7) is 0. The van der Waals surface area contributed by atoms with Crippen LogP contribution in [0.1, 0.15) is 22.6 Å². The third kappa shape index (κ3) is 5.69. The van der Waals surface area contributed by atoms with Gasteiger partial charge in [-0.15, -0.1) is 0 Å². The SMILES string of the molecule is O=C(Cc1ccc(C2C=CC=C2)cc1C(F)(F)F)OS(=O)(=O)C(F)(F)F.[Ti]. The molecular weight excluding hydrogens is 438 g/mol. The quantitative estimate of drug-likeness (QED) is 0.304. The van der Waals surface area contributed by atoms with Crippen molar-refractivity contribution in [2.45, 2.75) is 24.0 Å². The van der Waals surface area contributed by atoms with Gasteiger partial charge in [-0.05, 0) is 17.2 Å². The average molecular weight is 448 g/mol. The predicted octanol–water partition coefficient (Wildman–Crippen LogP) is 3.85. The van der Waals surface area contributed by atoms with Crippen LogP contribution >= 0.6 is 0 Å². The van der Waals surface area contributed by atoms with E-state index < -0.39 is 51.2 Å². The van der Waals surface area contributed by atoms with Crippen molar-refractivity contribution in [3.8, 4) is 0 Å². The molecule has 4 nitrogen and oxygen atoms in total. The van der Waals surface area contributed by atoms with Gasteiger partial charge in [0.1, 0.15) is 0 Å². The van der Waals surface area contributed by atoms with Crippen LogP contribution in [-0.2, 0) is 53.4 Å². The molecule has 0 saturated carbocycles. The minimum absolute atomic E-state index is 0. The molecule has 1 aliphatic rings. The summed E-state index contributed by atoms with van der Waals surface area (Å²) in [5.74, 6) is -2.39. The Kier molecular flexibility index (Phi) is 7.12. The standard InChI is InChI=1S/C15H10F6O4S.Ti/c16-14(17,18)12-7-10(9-3-1-2-4-9)5-6-11(12)8-13(22)25-26(23,24)15(19,20)21;/h1-7,9H,8H2;. The monoisotopic (exact) mass is 448 g/mol. The Balaban J connectivity index is 0.00000364. The van der Waals surface area contributed by atoms with Gasteiger partial charge in [-0.2, -0.15) is 34.8 Å². The number of hydrogen-bond acceptors (Lipinski definition) is 4. The van der Waals surface area contributed by atoms with E-state index in [1.165, 1.54) is 6.07 Å². The molecule has 0 spiro atoms. The Bertz CT molecular complexity index is 859. The van der Waals surface area contributed by atoms with Crippen molar-refractivity contribution in [3.05, 3.63) is 59.2 Å². The molecule has 0 bridgehead atoms. The van der Waals surface area contributed by atoms with Crippen molar-refractivity contribution in [3.63, 3.8) is 0 Å². The number of rotatable bonds is 4. The number of hydrogen-bond donors (Lipinski definition) is 0. The summed E-state index contributed by atoms with van der Waals surface area (Å²) < 4.78 is 101. The number of carbonyl (C=O) groups is 1. The number of alkyl halides is 6. The number of halogens is 6. The Labute approximate surface area is 164 Å². The van der Waals surface area contributed by atoms with Gasteiger partial charge in [0.15, 0.2) is 0 Å². The molecule has 12 heteroatoms. The maximum absolute atomic E-state index is 13.2. The first-order valence-corrected chi connectivity index (χ1v) is 8.30. The molecule has 1 aliphatic carbocycles. The summed E-state index contributed by atoms with van der Waals surface area (Å²) in [5, 5.41) is 0. The molecule has 0 amide bonds. The van der Waals surface area contributed by atoms with E-state index in [-0.39, 0.29) is 27.3 Å². The van der Waals surface area contributed by atoms with E-state index in [0.717, 1.165) is 12.1 Å². The predicted molar refractivity (Wildman–Crippen MR) is 77.2 cm³/mol. The van der Waals surface area contributed by atoms with Crippen LogP contribution in [0.5, 0.6) is 0 Å². The van der Waals surface area contributed by atoms with Gasteiger partial charge in [0.25, 0.3) is 0 Å². The fraction of sp³-hybridized carbons (Fsp3) is 0.267. The van der Waals surface area contributed by atoms with Crippen molar-refractivity contribution < 1.29 is 65.5 Å². The first-order valence-electron chi connectivity index (χ1n) is 6.90. The molecule has 0 aromatic heterocycles. The first kappa shape index (κ1) is 23.5. The summed E-state index contributed by atoms with van der Waals surface area (Å²) in [7, 11) is -6.24. The molecule has 0 heterocycles. The number of carbonyl (C=O) groups excluding carboxylic acids is 1. The van der Waals surface area contributed by atoms with Crippen molar-refractivity contribution in [2.24, 2.45) is 0 Å². The fourth-order valence-electron chi connectivity index (χ4n) is 2.23. The molecule has 1 aromatic rings. The zero-order valence-corrected chi connectivity index (χ0v) is 15.5. The Hall–Kier alpha value is -1.59. The summed E-state index contributed by atoms with van der Waals surface area (Å²) in [5.41, 5.74) is -7.57. The van der Waals surface area contributed by atoms with Gasteiger partial charge in [-0.25, -0.2) is 0 Å². The normalized spacial score (nSPS) is 14.9. The topological polar surface area (TPSA) is 60.4 Å². The molecule has 2 rings (SSSR count). The van der Waals surface area contributed by atoms with Gasteiger partial charge in [-0.3, -0.25) is 4.79 Å². The van der Waals surface area contributed by atoms with Gasteiger partial charge >= 0.3 is 27.8 Å². The summed E-state index contributed by atoms with van der Waals surface area (Å²) in [6, 6.07) is 2.92. The Morgan fingerprint density at radius 2 is 1.59 bits per heavy atom. The maximum atomic E-state index is 13.2. The number of allylic oxidation sites excluding steroid dienone is 4. The van der Waals surface area contributed by atoms with Crippen LogP contribution in [0.2, 0.25) is 0 Å². The van der Waals surface area contributed by atoms with Crippen LogP contribution < -0.4 is 0 Å². The molecule has 0 saturated heterocycles. The van der Waals surface area contributed by atoms with Crippen molar-refractivity contribution in [1.29, 1.82) is 0 Å². The molecule has 146 valence electrons. The van der Waals surface area contributed by atoms with E-state index in [1.807, 2.05) is 0 Å². The fourth-order valence-corrected chi connectivity index (χ4v) is 2.63. The molecule has 27 heavy (non-hydrogen) atoms. The second-order valence-corrected chi connectivity index (χ2v) is 6.78. The third-order valence-electron chi connectivity index (χ3n) is 3.39. The van der Waals surface area contributed by atoms with E-state index >= 15 is 0 Å². The van der Waals surface area contributed by atoms with Crippen molar-refractivity contribution >= 4 is 16.1 Å². The average Bonchev–Trinajstić information content (AvgIpc) is 2.98. The largest absolute Gasteiger partial charge is 0.534 e. The van der Waals surface area contributed by atoms with Gasteiger partial charge < -0.3 is 4.18 Å². The Morgan fingerprint density at radius 1 is 1.04 bits per heavy atom. The van der Waals surface area contributed by atoms with Gasteiger partial charge in [0.2, 0.25) is 0 Å². The minimum Gasteiger partial charge on any atom is -0.339 e. The van der Waals surface area contributed by atoms with Gasteiger partial charge in [-0.1, -0.05) is 36.4 Å². The first-order chi connectivity index (χ1) is 11.8. The van der Waals surface area contributed by atoms with E-state index in [2.05, 4.69) is 4.18 Å². The van der Waals surface area contributed by atoms with Gasteiger partial charge in [0.05, 0.1) is 12.0 Å². The van der Waals surface area contributed by atoms with E-state index in [0.29, 0.717) is 0 Å². The second kappa shape index (κ2) is 8.19. The molecule has 0 radical (unpaired) electrons. The summed E-state index contributed by atoms with van der Waals surface area (Å²) >= 11 is 0. The maximum Gasteiger partial charge on any atom is 0.534 e. The van der Waals surface area contributed by atoms with Crippen LogP contribution in [0.3, 0.4) is 0 Å². The minimum atomic E-state index is -6.24. The second-order valence-electron chi connectivity index (χ2n) is 5.24.